The van der Waals surface area contributed by atoms with E-state index in [2.05, 4.69) is 0 Å². The Morgan fingerprint density at radius 1 is 1.00 bits per heavy atom. The highest BCUT2D eigenvalue weighted by Gasteiger charge is 2.08. The Morgan fingerprint density at radius 3 is 2.20 bits per heavy atom. The van der Waals surface area contributed by atoms with Crippen molar-refractivity contribution < 1.29 is 19.0 Å². The molecule has 0 heterocycles. The van der Waals surface area contributed by atoms with Crippen molar-refractivity contribution in [1.82, 2.24) is 4.90 Å². The van der Waals surface area contributed by atoms with Gasteiger partial charge in [-0.25, -0.2) is 4.79 Å². The van der Waals surface area contributed by atoms with Crippen LogP contribution in [-0.2, 0) is 4.74 Å². The summed E-state index contributed by atoms with van der Waals surface area (Å²) in [7, 11) is 1.66. The number of amides is 1. The zero-order valence-electron chi connectivity index (χ0n) is 14.0. The van der Waals surface area contributed by atoms with E-state index in [4.69, 9.17) is 37.4 Å². The third kappa shape index (κ3) is 6.36. The molecule has 0 atom stereocenters. The molecule has 0 aliphatic heterocycles. The van der Waals surface area contributed by atoms with E-state index in [1.54, 1.807) is 56.4 Å². The summed E-state index contributed by atoms with van der Waals surface area (Å²) in [6.45, 7) is 2.91. The molecular formula is C18H19Cl2NO4. The van der Waals surface area contributed by atoms with Crippen molar-refractivity contribution in [2.45, 2.75) is 6.92 Å². The number of ether oxygens (including phenoxy) is 3. The molecule has 2 aromatic rings. The third-order valence-electron chi connectivity index (χ3n) is 3.17. The van der Waals surface area contributed by atoms with E-state index in [0.717, 1.165) is 0 Å². The maximum Gasteiger partial charge on any atom is 0.409 e. The molecule has 0 N–H and O–H groups in total. The smallest absolute Gasteiger partial charge is 0.409 e. The molecule has 0 saturated heterocycles. The predicted octanol–water partition coefficient (Wildman–Crippen LogP) is 5.25. The molecular weight excluding hydrogens is 365 g/mol. The Kier molecular flexibility index (Phi) is 7.22. The van der Waals surface area contributed by atoms with E-state index in [1.807, 2.05) is 0 Å². The Morgan fingerprint density at radius 2 is 1.60 bits per heavy atom. The van der Waals surface area contributed by atoms with Gasteiger partial charge in [-0.05, 0) is 49.4 Å². The maximum absolute atomic E-state index is 11.5. The number of carbonyl (C=O) groups excluding carboxylic acids is 1. The Balaban J connectivity index is 1.84. The van der Waals surface area contributed by atoms with Crippen LogP contribution in [-0.4, -0.2) is 37.8 Å². The molecule has 0 unspecified atom stereocenters. The summed E-state index contributed by atoms with van der Waals surface area (Å²) in [5.74, 6) is 1.87. The first kappa shape index (κ1) is 19.2. The van der Waals surface area contributed by atoms with Gasteiger partial charge in [0.05, 0.1) is 13.2 Å². The van der Waals surface area contributed by atoms with Crippen molar-refractivity contribution in [1.29, 1.82) is 0 Å². The minimum Gasteiger partial charge on any atom is -0.492 e. The quantitative estimate of drug-likeness (QED) is 0.654. The Labute approximate surface area is 157 Å². The summed E-state index contributed by atoms with van der Waals surface area (Å²) in [6, 6.07) is 12.1. The minimum absolute atomic E-state index is 0.351. The summed E-state index contributed by atoms with van der Waals surface area (Å²) in [6.07, 6.45) is -0.366. The van der Waals surface area contributed by atoms with Crippen LogP contribution in [0.4, 0.5) is 4.79 Å². The van der Waals surface area contributed by atoms with E-state index in [0.29, 0.717) is 47.1 Å². The second-order valence-electron chi connectivity index (χ2n) is 5.15. The lowest BCUT2D eigenvalue weighted by atomic mass is 10.3. The van der Waals surface area contributed by atoms with E-state index < -0.39 is 0 Å². The lowest BCUT2D eigenvalue weighted by Crippen LogP contribution is -2.31. The summed E-state index contributed by atoms with van der Waals surface area (Å²) >= 11 is 11.9. The molecule has 0 fully saturated rings. The van der Waals surface area contributed by atoms with Crippen molar-refractivity contribution in [3.05, 3.63) is 52.5 Å². The number of halogens is 2. The van der Waals surface area contributed by atoms with Crippen molar-refractivity contribution in [3.63, 3.8) is 0 Å². The van der Waals surface area contributed by atoms with Gasteiger partial charge in [0.1, 0.15) is 23.9 Å². The lowest BCUT2D eigenvalue weighted by Gasteiger charge is -2.16. The summed E-state index contributed by atoms with van der Waals surface area (Å²) in [4.78, 5) is 12.9. The molecule has 7 heteroatoms. The number of likely N-dealkylation sites (N-methyl/N-ethyl adjacent to an activating group) is 1. The molecule has 25 heavy (non-hydrogen) atoms. The van der Waals surface area contributed by atoms with Gasteiger partial charge < -0.3 is 19.1 Å². The van der Waals surface area contributed by atoms with Crippen LogP contribution in [0.15, 0.2) is 42.5 Å². The molecule has 2 aromatic carbocycles. The summed E-state index contributed by atoms with van der Waals surface area (Å²) in [5.41, 5.74) is 0. The first-order valence-corrected chi connectivity index (χ1v) is 8.48. The normalized spacial score (nSPS) is 10.2. The van der Waals surface area contributed by atoms with Gasteiger partial charge in [0, 0.05) is 17.1 Å². The van der Waals surface area contributed by atoms with Crippen molar-refractivity contribution >= 4 is 29.3 Å². The van der Waals surface area contributed by atoms with Crippen molar-refractivity contribution in [2.75, 3.05) is 26.8 Å². The van der Waals surface area contributed by atoms with E-state index >= 15 is 0 Å². The van der Waals surface area contributed by atoms with Crippen LogP contribution in [0.5, 0.6) is 17.2 Å². The number of rotatable bonds is 7. The van der Waals surface area contributed by atoms with Gasteiger partial charge in [0.15, 0.2) is 0 Å². The van der Waals surface area contributed by atoms with Gasteiger partial charge in [-0.3, -0.25) is 0 Å². The monoisotopic (exact) mass is 383 g/mol. The maximum atomic E-state index is 11.5. The van der Waals surface area contributed by atoms with E-state index in [-0.39, 0.29) is 6.09 Å². The molecule has 134 valence electrons. The lowest BCUT2D eigenvalue weighted by molar-refractivity contribution is 0.110. The van der Waals surface area contributed by atoms with Crippen LogP contribution >= 0.6 is 23.2 Å². The fourth-order valence-corrected chi connectivity index (χ4v) is 2.46. The summed E-state index contributed by atoms with van der Waals surface area (Å²) < 4.78 is 16.2. The van der Waals surface area contributed by atoms with Gasteiger partial charge in [-0.2, -0.15) is 0 Å². The largest absolute Gasteiger partial charge is 0.492 e. The Bertz CT molecular complexity index is 686. The highest BCUT2D eigenvalue weighted by atomic mass is 35.5. The van der Waals surface area contributed by atoms with Crippen molar-refractivity contribution in [3.8, 4) is 17.2 Å². The summed E-state index contributed by atoms with van der Waals surface area (Å²) in [5, 5.41) is 1.02. The molecule has 0 bridgehead atoms. The number of nitrogens with zero attached hydrogens (tertiary/aromatic N) is 1. The predicted molar refractivity (Wildman–Crippen MR) is 98.1 cm³/mol. The van der Waals surface area contributed by atoms with E-state index in [1.165, 1.54) is 4.90 Å². The average molecular weight is 384 g/mol. The van der Waals surface area contributed by atoms with Crippen LogP contribution in [0, 0.1) is 0 Å². The van der Waals surface area contributed by atoms with Gasteiger partial charge in [-0.1, -0.05) is 23.2 Å². The topological polar surface area (TPSA) is 48.0 Å². The third-order valence-corrected chi connectivity index (χ3v) is 3.61. The number of carbonyl (C=O) groups is 1. The number of hydrogen-bond donors (Lipinski definition) is 0. The van der Waals surface area contributed by atoms with E-state index in [9.17, 15) is 4.79 Å². The van der Waals surface area contributed by atoms with Crippen LogP contribution in [0.2, 0.25) is 10.0 Å². The zero-order valence-corrected chi connectivity index (χ0v) is 15.5. The number of benzene rings is 2. The molecule has 2 rings (SSSR count). The van der Waals surface area contributed by atoms with Crippen LogP contribution in [0.1, 0.15) is 6.92 Å². The fraction of sp³-hybridized carbons (Fsp3) is 0.278. The first-order valence-electron chi connectivity index (χ1n) is 7.72. The molecule has 1 amide bonds. The van der Waals surface area contributed by atoms with Gasteiger partial charge in [0.25, 0.3) is 0 Å². The fourth-order valence-electron chi connectivity index (χ4n) is 1.95. The van der Waals surface area contributed by atoms with Gasteiger partial charge >= 0.3 is 6.09 Å². The highest BCUT2D eigenvalue weighted by Crippen LogP contribution is 2.29. The van der Waals surface area contributed by atoms with Crippen LogP contribution in [0.3, 0.4) is 0 Å². The van der Waals surface area contributed by atoms with Gasteiger partial charge in [-0.15, -0.1) is 0 Å². The highest BCUT2D eigenvalue weighted by molar-refractivity contribution is 6.34. The molecule has 0 spiro atoms. The van der Waals surface area contributed by atoms with Crippen LogP contribution in [0.25, 0.3) is 0 Å². The van der Waals surface area contributed by atoms with Crippen LogP contribution < -0.4 is 9.47 Å². The average Bonchev–Trinajstić information content (AvgIpc) is 2.55. The molecule has 0 aliphatic carbocycles. The SMILES string of the molecule is CCOC(=O)N(C)CCOc1ccc(Oc2cc(Cl)cc(Cl)c2)cc1. The standard InChI is InChI=1S/C18H19Cl2NO4/c1-3-23-18(22)21(2)8-9-24-15-4-6-16(7-5-15)25-17-11-13(19)10-14(20)12-17/h4-7,10-12H,3,8-9H2,1-2H3. The molecule has 0 aliphatic rings. The Hall–Kier alpha value is -2.11. The molecule has 5 nitrogen and oxygen atoms in total. The van der Waals surface area contributed by atoms with Crippen molar-refractivity contribution in [2.24, 2.45) is 0 Å². The van der Waals surface area contributed by atoms with Gasteiger partial charge in [0.2, 0.25) is 0 Å². The second-order valence-corrected chi connectivity index (χ2v) is 6.02. The molecule has 0 aromatic heterocycles. The molecule has 0 saturated carbocycles. The molecule has 0 radical (unpaired) electrons. The number of hydrogen-bond acceptors (Lipinski definition) is 4. The first-order chi connectivity index (χ1) is 12.0. The minimum atomic E-state index is -0.366. The second kappa shape index (κ2) is 9.39. The zero-order chi connectivity index (χ0) is 18.2.